The maximum atomic E-state index is 12.9. The van der Waals surface area contributed by atoms with E-state index in [-0.39, 0.29) is 24.0 Å². The number of hydrogen-bond donors (Lipinski definition) is 1. The van der Waals surface area contributed by atoms with Crippen LogP contribution >= 0.6 is 24.0 Å². The first-order valence-corrected chi connectivity index (χ1v) is 9.95. The molecule has 0 aliphatic carbocycles. The van der Waals surface area contributed by atoms with Crippen LogP contribution in [0.1, 0.15) is 13.3 Å². The molecule has 0 radical (unpaired) electrons. The fourth-order valence-corrected chi connectivity index (χ4v) is 3.97. The topological polar surface area (TPSA) is 34.1 Å². The number of benzene rings is 1. The van der Waals surface area contributed by atoms with Gasteiger partial charge in [-0.15, -0.1) is 24.0 Å². The maximum absolute atomic E-state index is 12.9. The number of guanidine groups is 1. The summed E-state index contributed by atoms with van der Waals surface area (Å²) in [7, 11) is 1.73. The lowest BCUT2D eigenvalue weighted by molar-refractivity contribution is -0.181. The lowest BCUT2D eigenvalue weighted by Crippen LogP contribution is -2.57. The molecule has 2 saturated heterocycles. The van der Waals surface area contributed by atoms with Gasteiger partial charge in [-0.05, 0) is 31.4 Å². The molecular weight excluding hydrogens is 494 g/mol. The predicted molar refractivity (Wildman–Crippen MR) is 122 cm³/mol. The third-order valence-corrected chi connectivity index (χ3v) is 5.80. The highest BCUT2D eigenvalue weighted by atomic mass is 127. The Morgan fingerprint density at radius 3 is 2.38 bits per heavy atom. The van der Waals surface area contributed by atoms with Crippen molar-refractivity contribution in [1.29, 1.82) is 0 Å². The minimum absolute atomic E-state index is 0. The van der Waals surface area contributed by atoms with Crippen molar-refractivity contribution in [2.45, 2.75) is 25.6 Å². The van der Waals surface area contributed by atoms with Crippen LogP contribution in [-0.2, 0) is 0 Å². The van der Waals surface area contributed by atoms with Crippen LogP contribution in [0, 0.1) is 5.92 Å². The van der Waals surface area contributed by atoms with Gasteiger partial charge >= 0.3 is 6.18 Å². The summed E-state index contributed by atoms with van der Waals surface area (Å²) in [5.74, 6) is 1.32. The molecule has 0 saturated carbocycles. The molecule has 2 aliphatic rings. The number of anilines is 1. The Morgan fingerprint density at radius 1 is 1.14 bits per heavy atom. The normalized spacial score (nSPS) is 22.4. The van der Waals surface area contributed by atoms with Crippen LogP contribution < -0.4 is 10.2 Å². The second kappa shape index (κ2) is 10.7. The number of hydrogen-bond acceptors (Lipinski definition) is 3. The number of aliphatic imine (C=N–C) groups is 1. The number of piperazine rings is 1. The van der Waals surface area contributed by atoms with Crippen molar-refractivity contribution in [3.63, 3.8) is 0 Å². The molecule has 9 heteroatoms. The first-order chi connectivity index (χ1) is 13.4. The van der Waals surface area contributed by atoms with E-state index in [0.717, 1.165) is 32.0 Å². The third kappa shape index (κ3) is 6.37. The van der Waals surface area contributed by atoms with Crippen LogP contribution in [-0.4, -0.2) is 80.8 Å². The van der Waals surface area contributed by atoms with E-state index in [1.165, 1.54) is 17.5 Å². The van der Waals surface area contributed by atoms with E-state index in [2.05, 4.69) is 44.4 Å². The van der Waals surface area contributed by atoms with E-state index in [1.54, 1.807) is 7.05 Å². The zero-order chi connectivity index (χ0) is 20.1. The van der Waals surface area contributed by atoms with E-state index < -0.39 is 12.2 Å². The molecule has 164 valence electrons. The molecule has 1 aromatic rings. The molecule has 2 fully saturated rings. The molecular formula is C20H31F3IN5. The summed E-state index contributed by atoms with van der Waals surface area (Å²) in [5, 5.41) is 3.44. The van der Waals surface area contributed by atoms with E-state index >= 15 is 0 Å². The average Bonchev–Trinajstić information content (AvgIpc) is 3.17. The van der Waals surface area contributed by atoms with Crippen molar-refractivity contribution in [3.8, 4) is 0 Å². The molecule has 1 aromatic carbocycles. The summed E-state index contributed by atoms with van der Waals surface area (Å²) in [6, 6.07) is 9.01. The van der Waals surface area contributed by atoms with Gasteiger partial charge in [0.2, 0.25) is 0 Å². The highest BCUT2D eigenvalue weighted by Gasteiger charge is 2.41. The van der Waals surface area contributed by atoms with Crippen molar-refractivity contribution in [3.05, 3.63) is 30.3 Å². The molecule has 1 N–H and O–H groups in total. The summed E-state index contributed by atoms with van der Waals surface area (Å²) < 4.78 is 38.7. The van der Waals surface area contributed by atoms with E-state index in [4.69, 9.17) is 0 Å². The predicted octanol–water partition coefficient (Wildman–Crippen LogP) is 3.27. The fraction of sp³-hybridized carbons (Fsp3) is 0.650. The van der Waals surface area contributed by atoms with E-state index in [0.29, 0.717) is 32.1 Å². The first-order valence-electron chi connectivity index (χ1n) is 9.95. The molecule has 2 aliphatic heterocycles. The molecule has 2 heterocycles. The smallest absolute Gasteiger partial charge is 0.371 e. The molecule has 0 bridgehead atoms. The lowest BCUT2D eigenvalue weighted by Gasteiger charge is -2.39. The quantitative estimate of drug-likeness (QED) is 0.372. The number of alkyl halides is 3. The number of nitrogens with one attached hydrogen (secondary N) is 1. The van der Waals surface area contributed by atoms with Crippen LogP contribution in [0.2, 0.25) is 0 Å². The molecule has 3 rings (SSSR count). The Balaban J connectivity index is 0.00000300. The monoisotopic (exact) mass is 525 g/mol. The summed E-state index contributed by atoms with van der Waals surface area (Å²) in [4.78, 5) is 10.3. The average molecular weight is 525 g/mol. The number of rotatable bonds is 4. The zero-order valence-electron chi connectivity index (χ0n) is 17.0. The van der Waals surface area contributed by atoms with Gasteiger partial charge in [0.25, 0.3) is 0 Å². The molecule has 29 heavy (non-hydrogen) atoms. The van der Waals surface area contributed by atoms with Crippen molar-refractivity contribution in [2.24, 2.45) is 10.9 Å². The van der Waals surface area contributed by atoms with Gasteiger partial charge in [0, 0.05) is 58.5 Å². The van der Waals surface area contributed by atoms with Crippen LogP contribution in [0.5, 0.6) is 0 Å². The van der Waals surface area contributed by atoms with Crippen LogP contribution in [0.25, 0.3) is 0 Å². The Kier molecular flexibility index (Phi) is 8.87. The highest BCUT2D eigenvalue weighted by molar-refractivity contribution is 14.0. The second-order valence-corrected chi connectivity index (χ2v) is 7.60. The van der Waals surface area contributed by atoms with Gasteiger partial charge in [-0.25, -0.2) is 0 Å². The van der Waals surface area contributed by atoms with Gasteiger partial charge in [-0.2, -0.15) is 13.2 Å². The fourth-order valence-electron chi connectivity index (χ4n) is 3.97. The van der Waals surface area contributed by atoms with Gasteiger partial charge in [-0.3, -0.25) is 9.89 Å². The largest absolute Gasteiger partial charge is 0.403 e. The van der Waals surface area contributed by atoms with E-state index in [9.17, 15) is 13.2 Å². The molecule has 5 nitrogen and oxygen atoms in total. The van der Waals surface area contributed by atoms with Crippen molar-refractivity contribution in [1.82, 2.24) is 15.1 Å². The minimum atomic E-state index is -4.17. The Hall–Kier alpha value is -1.23. The van der Waals surface area contributed by atoms with Crippen molar-refractivity contribution < 1.29 is 13.2 Å². The van der Waals surface area contributed by atoms with Gasteiger partial charge in [0.1, 0.15) is 6.04 Å². The Bertz CT molecular complexity index is 647. The van der Waals surface area contributed by atoms with E-state index in [1.807, 2.05) is 6.07 Å². The van der Waals surface area contributed by atoms with Gasteiger partial charge in [-0.1, -0.05) is 18.2 Å². The summed E-state index contributed by atoms with van der Waals surface area (Å²) >= 11 is 0. The maximum Gasteiger partial charge on any atom is 0.403 e. The molecule has 0 amide bonds. The third-order valence-electron chi connectivity index (χ3n) is 5.80. The lowest BCUT2D eigenvalue weighted by atomic mass is 10.1. The number of nitrogens with zero attached hydrogens (tertiary/aromatic N) is 4. The van der Waals surface area contributed by atoms with Crippen molar-refractivity contribution >= 4 is 35.6 Å². The number of halogens is 4. The first kappa shape index (κ1) is 24.0. The number of para-hydroxylation sites is 1. The van der Waals surface area contributed by atoms with Gasteiger partial charge in [0.15, 0.2) is 5.96 Å². The van der Waals surface area contributed by atoms with Crippen LogP contribution in [0.15, 0.2) is 35.3 Å². The standard InChI is InChI=1S/C20H30F3N5.HI/c1-16(20(21,22)23)26-10-12-27(13-11-26)19(24-2)25-14-17-8-9-28(15-17)18-6-4-3-5-7-18;/h3-7,16-17H,8-15H2,1-2H3,(H,24,25);1H. The van der Waals surface area contributed by atoms with Gasteiger partial charge < -0.3 is 15.1 Å². The molecule has 0 aromatic heterocycles. The zero-order valence-corrected chi connectivity index (χ0v) is 19.4. The SMILES string of the molecule is CN=C(NCC1CCN(c2ccccc2)C1)N1CCN(C(C)C(F)(F)F)CC1.I. The molecule has 0 spiro atoms. The van der Waals surface area contributed by atoms with Crippen LogP contribution in [0.3, 0.4) is 0 Å². The van der Waals surface area contributed by atoms with Crippen LogP contribution in [0.4, 0.5) is 18.9 Å². The van der Waals surface area contributed by atoms with Crippen molar-refractivity contribution in [2.75, 3.05) is 57.8 Å². The molecule has 2 atom stereocenters. The summed E-state index contributed by atoms with van der Waals surface area (Å²) in [5.41, 5.74) is 1.25. The summed E-state index contributed by atoms with van der Waals surface area (Å²) in [6.07, 6.45) is -3.05. The molecule has 2 unspecified atom stereocenters. The van der Waals surface area contributed by atoms with Gasteiger partial charge in [0.05, 0.1) is 0 Å². The highest BCUT2D eigenvalue weighted by Crippen LogP contribution is 2.25. The summed E-state index contributed by atoms with van der Waals surface area (Å²) in [6.45, 7) is 6.02. The Labute approximate surface area is 188 Å². The Morgan fingerprint density at radius 2 is 1.79 bits per heavy atom. The second-order valence-electron chi connectivity index (χ2n) is 7.60. The minimum Gasteiger partial charge on any atom is -0.371 e.